The maximum absolute atomic E-state index is 5.62. The van der Waals surface area contributed by atoms with Gasteiger partial charge in [-0.25, -0.2) is 0 Å². The SMILES string of the molecule is Cc1cnc(C)c(N)c1N. The Morgan fingerprint density at radius 3 is 2.30 bits per heavy atom. The Morgan fingerprint density at radius 1 is 1.20 bits per heavy atom. The zero-order chi connectivity index (χ0) is 7.72. The first kappa shape index (κ1) is 6.86. The summed E-state index contributed by atoms with van der Waals surface area (Å²) < 4.78 is 0. The van der Waals surface area contributed by atoms with Crippen LogP contribution in [-0.2, 0) is 0 Å². The van der Waals surface area contributed by atoms with Crippen LogP contribution in [0.25, 0.3) is 0 Å². The number of aryl methyl sites for hydroxylation is 2. The number of pyridine rings is 1. The first-order valence-corrected chi connectivity index (χ1v) is 3.10. The molecule has 1 rings (SSSR count). The summed E-state index contributed by atoms with van der Waals surface area (Å²) in [5.74, 6) is 0. The van der Waals surface area contributed by atoms with Crippen LogP contribution in [0, 0.1) is 13.8 Å². The highest BCUT2D eigenvalue weighted by Gasteiger charge is 2.00. The molecule has 0 bridgehead atoms. The Balaban J connectivity index is 3.34. The highest BCUT2D eigenvalue weighted by Crippen LogP contribution is 2.19. The van der Waals surface area contributed by atoms with Crippen molar-refractivity contribution in [2.45, 2.75) is 13.8 Å². The second-order valence-corrected chi connectivity index (χ2v) is 2.35. The highest BCUT2D eigenvalue weighted by atomic mass is 14.8. The van der Waals surface area contributed by atoms with Gasteiger partial charge in [0.15, 0.2) is 0 Å². The Morgan fingerprint density at radius 2 is 1.80 bits per heavy atom. The van der Waals surface area contributed by atoms with E-state index in [-0.39, 0.29) is 0 Å². The third-order valence-corrected chi connectivity index (χ3v) is 1.56. The smallest absolute Gasteiger partial charge is 0.0766 e. The van der Waals surface area contributed by atoms with E-state index in [1.54, 1.807) is 6.20 Å². The minimum atomic E-state index is 0.597. The fraction of sp³-hybridized carbons (Fsp3) is 0.286. The molecule has 4 N–H and O–H groups in total. The third-order valence-electron chi connectivity index (χ3n) is 1.56. The Hall–Kier alpha value is -1.25. The molecule has 0 saturated heterocycles. The van der Waals surface area contributed by atoms with Gasteiger partial charge in [0.25, 0.3) is 0 Å². The summed E-state index contributed by atoms with van der Waals surface area (Å²) in [5.41, 5.74) is 14.2. The first-order chi connectivity index (χ1) is 4.63. The standard InChI is InChI=1S/C7H11N3/c1-4-3-10-5(2)7(9)6(4)8/h3H,9H2,1-2H3,(H2,8,10). The molecule has 0 radical (unpaired) electrons. The number of aromatic nitrogens is 1. The summed E-state index contributed by atoms with van der Waals surface area (Å²) in [7, 11) is 0. The van der Waals surface area contributed by atoms with Gasteiger partial charge in [0.1, 0.15) is 0 Å². The summed E-state index contributed by atoms with van der Waals surface area (Å²) in [6.45, 7) is 3.73. The molecule has 0 fully saturated rings. The lowest BCUT2D eigenvalue weighted by Gasteiger charge is -2.04. The van der Waals surface area contributed by atoms with Gasteiger partial charge in [-0.1, -0.05) is 0 Å². The van der Waals surface area contributed by atoms with E-state index in [9.17, 15) is 0 Å². The second-order valence-electron chi connectivity index (χ2n) is 2.35. The van der Waals surface area contributed by atoms with Gasteiger partial charge in [-0.05, 0) is 19.4 Å². The van der Waals surface area contributed by atoms with Gasteiger partial charge in [-0.15, -0.1) is 0 Å². The van der Waals surface area contributed by atoms with Crippen LogP contribution in [0.4, 0.5) is 11.4 Å². The Bertz CT molecular complexity index is 228. The van der Waals surface area contributed by atoms with E-state index in [4.69, 9.17) is 11.5 Å². The van der Waals surface area contributed by atoms with Crippen molar-refractivity contribution in [2.75, 3.05) is 11.5 Å². The molecule has 0 atom stereocenters. The van der Waals surface area contributed by atoms with Crippen molar-refractivity contribution >= 4 is 11.4 Å². The van der Waals surface area contributed by atoms with Gasteiger partial charge in [-0.3, -0.25) is 4.98 Å². The van der Waals surface area contributed by atoms with Gasteiger partial charge in [0.2, 0.25) is 0 Å². The summed E-state index contributed by atoms with van der Waals surface area (Å²) in [5, 5.41) is 0. The lowest BCUT2D eigenvalue weighted by atomic mass is 10.2. The fourth-order valence-electron chi connectivity index (χ4n) is 0.740. The lowest BCUT2D eigenvalue weighted by Crippen LogP contribution is -2.01. The number of hydrogen-bond donors (Lipinski definition) is 2. The predicted octanol–water partition coefficient (Wildman–Crippen LogP) is 0.863. The van der Waals surface area contributed by atoms with Gasteiger partial charge >= 0.3 is 0 Å². The molecule has 0 aromatic carbocycles. The number of nitrogen functional groups attached to an aromatic ring is 2. The topological polar surface area (TPSA) is 64.9 Å². The summed E-state index contributed by atoms with van der Waals surface area (Å²) >= 11 is 0. The molecule has 0 amide bonds. The summed E-state index contributed by atoms with van der Waals surface area (Å²) in [6.07, 6.45) is 1.72. The molecular weight excluding hydrogens is 126 g/mol. The van der Waals surface area contributed by atoms with E-state index >= 15 is 0 Å². The van der Waals surface area contributed by atoms with Gasteiger partial charge in [0.05, 0.1) is 17.1 Å². The molecule has 0 aliphatic heterocycles. The Kier molecular flexibility index (Phi) is 1.49. The minimum Gasteiger partial charge on any atom is -0.397 e. The average molecular weight is 137 g/mol. The van der Waals surface area contributed by atoms with Crippen LogP contribution in [0.5, 0.6) is 0 Å². The lowest BCUT2D eigenvalue weighted by molar-refractivity contribution is 1.18. The molecule has 1 heterocycles. The quantitative estimate of drug-likeness (QED) is 0.557. The van der Waals surface area contributed by atoms with Crippen molar-refractivity contribution in [1.82, 2.24) is 4.98 Å². The largest absolute Gasteiger partial charge is 0.397 e. The number of hydrogen-bond acceptors (Lipinski definition) is 3. The molecule has 0 aliphatic carbocycles. The van der Waals surface area contributed by atoms with Crippen LogP contribution in [0.2, 0.25) is 0 Å². The number of nitrogens with two attached hydrogens (primary N) is 2. The fourth-order valence-corrected chi connectivity index (χ4v) is 0.740. The first-order valence-electron chi connectivity index (χ1n) is 3.10. The maximum atomic E-state index is 5.62. The van der Waals surface area contributed by atoms with Crippen molar-refractivity contribution < 1.29 is 0 Å². The number of anilines is 2. The van der Waals surface area contributed by atoms with Gasteiger partial charge < -0.3 is 11.5 Å². The summed E-state index contributed by atoms with van der Waals surface area (Å²) in [4.78, 5) is 4.03. The van der Waals surface area contributed by atoms with Crippen LogP contribution in [-0.4, -0.2) is 4.98 Å². The predicted molar refractivity (Wildman–Crippen MR) is 42.5 cm³/mol. The highest BCUT2D eigenvalue weighted by molar-refractivity contribution is 5.68. The maximum Gasteiger partial charge on any atom is 0.0766 e. The third kappa shape index (κ3) is 0.900. The van der Waals surface area contributed by atoms with Crippen LogP contribution < -0.4 is 11.5 Å². The normalized spacial score (nSPS) is 9.80. The van der Waals surface area contributed by atoms with E-state index < -0.39 is 0 Å². The molecule has 1 aromatic rings. The molecule has 0 spiro atoms. The average Bonchev–Trinajstić information content (AvgIpc) is 1.93. The molecular formula is C7H11N3. The van der Waals surface area contributed by atoms with Gasteiger partial charge in [0, 0.05) is 6.20 Å². The molecule has 3 heteroatoms. The van der Waals surface area contributed by atoms with Crippen LogP contribution in [0.3, 0.4) is 0 Å². The van der Waals surface area contributed by atoms with Gasteiger partial charge in [-0.2, -0.15) is 0 Å². The van der Waals surface area contributed by atoms with E-state index in [1.165, 1.54) is 0 Å². The van der Waals surface area contributed by atoms with E-state index in [0.717, 1.165) is 11.3 Å². The molecule has 3 nitrogen and oxygen atoms in total. The van der Waals surface area contributed by atoms with Crippen molar-refractivity contribution in [3.8, 4) is 0 Å². The molecule has 10 heavy (non-hydrogen) atoms. The van der Waals surface area contributed by atoms with Crippen molar-refractivity contribution in [3.63, 3.8) is 0 Å². The van der Waals surface area contributed by atoms with E-state index in [2.05, 4.69) is 4.98 Å². The second kappa shape index (κ2) is 2.17. The number of rotatable bonds is 0. The monoisotopic (exact) mass is 137 g/mol. The molecule has 1 aromatic heterocycles. The zero-order valence-electron chi connectivity index (χ0n) is 6.18. The number of nitrogens with zero attached hydrogens (tertiary/aromatic N) is 1. The van der Waals surface area contributed by atoms with E-state index in [0.29, 0.717) is 11.4 Å². The van der Waals surface area contributed by atoms with Crippen molar-refractivity contribution in [1.29, 1.82) is 0 Å². The van der Waals surface area contributed by atoms with Crippen LogP contribution in [0.1, 0.15) is 11.3 Å². The Labute approximate surface area is 60.1 Å². The summed E-state index contributed by atoms with van der Waals surface area (Å²) in [6, 6.07) is 0. The zero-order valence-corrected chi connectivity index (χ0v) is 6.18. The molecule has 0 aliphatic rings. The molecule has 54 valence electrons. The van der Waals surface area contributed by atoms with Crippen molar-refractivity contribution in [3.05, 3.63) is 17.5 Å². The minimum absolute atomic E-state index is 0.597. The molecule has 0 unspecified atom stereocenters. The van der Waals surface area contributed by atoms with Crippen LogP contribution >= 0.6 is 0 Å². The van der Waals surface area contributed by atoms with Crippen LogP contribution in [0.15, 0.2) is 6.20 Å². The van der Waals surface area contributed by atoms with Crippen molar-refractivity contribution in [2.24, 2.45) is 0 Å². The molecule has 0 saturated carbocycles. The van der Waals surface area contributed by atoms with E-state index in [1.807, 2.05) is 13.8 Å².